The van der Waals surface area contributed by atoms with E-state index < -0.39 is 0 Å². The minimum Gasteiger partial charge on any atom is -0.378 e. The second kappa shape index (κ2) is 5.84. The second-order valence-corrected chi connectivity index (χ2v) is 5.59. The largest absolute Gasteiger partial charge is 0.378 e. The van der Waals surface area contributed by atoms with E-state index in [4.69, 9.17) is 0 Å². The first-order valence-corrected chi connectivity index (χ1v) is 6.91. The van der Waals surface area contributed by atoms with Crippen molar-refractivity contribution in [2.75, 3.05) is 24.3 Å². The number of rotatable bonds is 4. The average molecular weight is 275 g/mol. The first-order valence-electron chi connectivity index (χ1n) is 6.03. The SMILES string of the molecule is Cc1nc(CC(=O)Nc2ccc(N(C)C)cc2)cs1. The third kappa shape index (κ3) is 3.79. The molecular weight excluding hydrogens is 258 g/mol. The molecule has 1 N–H and O–H groups in total. The van der Waals surface area contributed by atoms with Gasteiger partial charge in [0.05, 0.1) is 17.1 Å². The Morgan fingerprint density at radius 3 is 2.53 bits per heavy atom. The summed E-state index contributed by atoms with van der Waals surface area (Å²) in [5.41, 5.74) is 2.74. The zero-order valence-electron chi connectivity index (χ0n) is 11.3. The molecule has 19 heavy (non-hydrogen) atoms. The molecule has 4 nitrogen and oxygen atoms in total. The van der Waals surface area contributed by atoms with Gasteiger partial charge in [-0.25, -0.2) is 4.98 Å². The Hall–Kier alpha value is -1.88. The van der Waals surface area contributed by atoms with Gasteiger partial charge in [-0.3, -0.25) is 4.79 Å². The van der Waals surface area contributed by atoms with Gasteiger partial charge in [0.1, 0.15) is 0 Å². The summed E-state index contributed by atoms with van der Waals surface area (Å²) in [5, 5.41) is 5.78. The number of hydrogen-bond acceptors (Lipinski definition) is 4. The fourth-order valence-electron chi connectivity index (χ4n) is 1.70. The summed E-state index contributed by atoms with van der Waals surface area (Å²) in [5.74, 6) is -0.0390. The molecule has 2 aromatic rings. The number of thiazole rings is 1. The molecule has 2 rings (SSSR count). The van der Waals surface area contributed by atoms with Crippen molar-refractivity contribution >= 4 is 28.6 Å². The molecule has 0 bridgehead atoms. The topological polar surface area (TPSA) is 45.2 Å². The normalized spacial score (nSPS) is 10.3. The summed E-state index contributed by atoms with van der Waals surface area (Å²) in [6.07, 6.45) is 0.319. The fraction of sp³-hybridized carbons (Fsp3) is 0.286. The Kier molecular flexibility index (Phi) is 4.16. The van der Waals surface area contributed by atoms with Gasteiger partial charge in [-0.1, -0.05) is 0 Å². The van der Waals surface area contributed by atoms with Crippen LogP contribution in [0.3, 0.4) is 0 Å². The van der Waals surface area contributed by atoms with Crippen LogP contribution in [-0.2, 0) is 11.2 Å². The van der Waals surface area contributed by atoms with Crippen molar-refractivity contribution in [3.8, 4) is 0 Å². The van der Waals surface area contributed by atoms with E-state index in [1.54, 1.807) is 11.3 Å². The molecule has 0 fully saturated rings. The van der Waals surface area contributed by atoms with E-state index in [0.29, 0.717) is 6.42 Å². The van der Waals surface area contributed by atoms with Gasteiger partial charge in [0.25, 0.3) is 0 Å². The number of aromatic nitrogens is 1. The van der Waals surface area contributed by atoms with Crippen molar-refractivity contribution in [2.24, 2.45) is 0 Å². The smallest absolute Gasteiger partial charge is 0.230 e. The maximum absolute atomic E-state index is 11.9. The predicted molar refractivity (Wildman–Crippen MR) is 80.0 cm³/mol. The number of benzene rings is 1. The van der Waals surface area contributed by atoms with Crippen molar-refractivity contribution in [2.45, 2.75) is 13.3 Å². The van der Waals surface area contributed by atoms with Crippen LogP contribution in [0.1, 0.15) is 10.7 Å². The van der Waals surface area contributed by atoms with Crippen molar-refractivity contribution in [1.82, 2.24) is 4.98 Å². The molecule has 0 aliphatic carbocycles. The number of amides is 1. The van der Waals surface area contributed by atoms with E-state index in [9.17, 15) is 4.79 Å². The van der Waals surface area contributed by atoms with Gasteiger partial charge in [-0.15, -0.1) is 11.3 Å². The van der Waals surface area contributed by atoms with Crippen LogP contribution in [0.25, 0.3) is 0 Å². The highest BCUT2D eigenvalue weighted by atomic mass is 32.1. The number of carbonyl (C=O) groups excluding carboxylic acids is 1. The molecule has 0 radical (unpaired) electrons. The Morgan fingerprint density at radius 2 is 2.00 bits per heavy atom. The quantitative estimate of drug-likeness (QED) is 0.933. The van der Waals surface area contributed by atoms with Crippen LogP contribution < -0.4 is 10.2 Å². The molecule has 1 aromatic carbocycles. The molecule has 0 saturated carbocycles. The zero-order valence-corrected chi connectivity index (χ0v) is 12.1. The monoisotopic (exact) mass is 275 g/mol. The first kappa shape index (κ1) is 13.5. The lowest BCUT2D eigenvalue weighted by molar-refractivity contribution is -0.115. The average Bonchev–Trinajstić information content (AvgIpc) is 2.75. The molecule has 0 spiro atoms. The summed E-state index contributed by atoms with van der Waals surface area (Å²) in [7, 11) is 3.97. The van der Waals surface area contributed by atoms with Gasteiger partial charge in [0, 0.05) is 30.9 Å². The van der Waals surface area contributed by atoms with Crippen molar-refractivity contribution in [3.05, 3.63) is 40.3 Å². The summed E-state index contributed by atoms with van der Waals surface area (Å²) < 4.78 is 0. The maximum Gasteiger partial charge on any atom is 0.230 e. The van der Waals surface area contributed by atoms with Gasteiger partial charge in [0.2, 0.25) is 5.91 Å². The number of anilines is 2. The molecule has 1 amide bonds. The van der Waals surface area contributed by atoms with Crippen molar-refractivity contribution in [1.29, 1.82) is 0 Å². The third-order valence-electron chi connectivity index (χ3n) is 2.68. The lowest BCUT2D eigenvalue weighted by Crippen LogP contribution is -2.15. The molecule has 0 atom stereocenters. The van der Waals surface area contributed by atoms with Gasteiger partial charge in [0.15, 0.2) is 0 Å². The molecular formula is C14H17N3OS. The standard InChI is InChI=1S/C14H17N3OS/c1-10-15-12(9-19-10)8-14(18)16-11-4-6-13(7-5-11)17(2)3/h4-7,9H,8H2,1-3H3,(H,16,18). The highest BCUT2D eigenvalue weighted by Gasteiger charge is 2.07. The first-order chi connectivity index (χ1) is 9.04. The molecule has 0 saturated heterocycles. The minimum atomic E-state index is -0.0390. The van der Waals surface area contributed by atoms with E-state index in [2.05, 4.69) is 10.3 Å². The summed E-state index contributed by atoms with van der Waals surface area (Å²) >= 11 is 1.56. The van der Waals surface area contributed by atoms with E-state index in [-0.39, 0.29) is 5.91 Å². The maximum atomic E-state index is 11.9. The third-order valence-corrected chi connectivity index (χ3v) is 3.50. The van der Waals surface area contributed by atoms with Crippen LogP contribution in [0.5, 0.6) is 0 Å². The van der Waals surface area contributed by atoms with Crippen LogP contribution in [0.2, 0.25) is 0 Å². The van der Waals surface area contributed by atoms with E-state index in [1.165, 1.54) is 0 Å². The highest BCUT2D eigenvalue weighted by molar-refractivity contribution is 7.09. The van der Waals surface area contributed by atoms with Gasteiger partial charge >= 0.3 is 0 Å². The van der Waals surface area contributed by atoms with E-state index in [1.807, 2.05) is 55.6 Å². The number of nitrogens with one attached hydrogen (secondary N) is 1. The number of hydrogen-bond donors (Lipinski definition) is 1. The van der Waals surface area contributed by atoms with Crippen molar-refractivity contribution in [3.63, 3.8) is 0 Å². The molecule has 0 aliphatic rings. The van der Waals surface area contributed by atoms with Gasteiger partial charge < -0.3 is 10.2 Å². The van der Waals surface area contributed by atoms with E-state index in [0.717, 1.165) is 22.1 Å². The second-order valence-electron chi connectivity index (χ2n) is 4.52. The van der Waals surface area contributed by atoms with Crippen LogP contribution in [0.4, 0.5) is 11.4 Å². The Morgan fingerprint density at radius 1 is 1.32 bits per heavy atom. The molecule has 0 aliphatic heterocycles. The molecule has 0 unspecified atom stereocenters. The minimum absolute atomic E-state index is 0.0390. The number of aryl methyl sites for hydroxylation is 1. The van der Waals surface area contributed by atoms with Crippen LogP contribution >= 0.6 is 11.3 Å². The Bertz CT molecular complexity index is 560. The Labute approximate surface area is 117 Å². The lowest BCUT2D eigenvalue weighted by atomic mass is 10.2. The van der Waals surface area contributed by atoms with Gasteiger partial charge in [-0.2, -0.15) is 0 Å². The molecule has 1 heterocycles. The predicted octanol–water partition coefficient (Wildman–Crippen LogP) is 2.70. The molecule has 1 aromatic heterocycles. The molecule has 5 heteroatoms. The summed E-state index contributed by atoms with van der Waals surface area (Å²) in [6.45, 7) is 1.94. The number of nitrogens with zero attached hydrogens (tertiary/aromatic N) is 2. The van der Waals surface area contributed by atoms with Crippen LogP contribution in [0, 0.1) is 6.92 Å². The number of carbonyl (C=O) groups is 1. The fourth-order valence-corrected chi connectivity index (χ4v) is 2.31. The Balaban J connectivity index is 1.95. The lowest BCUT2D eigenvalue weighted by Gasteiger charge is -2.12. The van der Waals surface area contributed by atoms with Crippen LogP contribution in [0.15, 0.2) is 29.6 Å². The molecule has 100 valence electrons. The summed E-state index contributed by atoms with van der Waals surface area (Å²) in [6, 6.07) is 7.75. The van der Waals surface area contributed by atoms with Gasteiger partial charge in [-0.05, 0) is 31.2 Å². The zero-order chi connectivity index (χ0) is 13.8. The van der Waals surface area contributed by atoms with E-state index >= 15 is 0 Å². The summed E-state index contributed by atoms with van der Waals surface area (Å²) in [4.78, 5) is 18.2. The highest BCUT2D eigenvalue weighted by Crippen LogP contribution is 2.16. The van der Waals surface area contributed by atoms with Crippen molar-refractivity contribution < 1.29 is 4.79 Å². The van der Waals surface area contributed by atoms with Crippen LogP contribution in [-0.4, -0.2) is 25.0 Å².